The number of ether oxygens (including phenoxy) is 1. The number of aliphatic imine (C=N–C) groups is 2. The van der Waals surface area contributed by atoms with E-state index >= 15 is 0 Å². The van der Waals surface area contributed by atoms with Crippen molar-refractivity contribution in [1.82, 2.24) is 25.8 Å². The van der Waals surface area contributed by atoms with Gasteiger partial charge in [-0.2, -0.15) is 0 Å². The fourth-order valence-electron chi connectivity index (χ4n) is 7.05. The first-order chi connectivity index (χ1) is 25.1. The van der Waals surface area contributed by atoms with Gasteiger partial charge in [-0.05, 0) is 43.2 Å². The Hall–Kier alpha value is -4.56. The van der Waals surface area contributed by atoms with Crippen molar-refractivity contribution in [3.05, 3.63) is 87.9 Å². The van der Waals surface area contributed by atoms with Crippen molar-refractivity contribution in [3.8, 4) is 0 Å². The van der Waals surface area contributed by atoms with Crippen LogP contribution in [0.15, 0.2) is 76.0 Å². The van der Waals surface area contributed by atoms with Crippen molar-refractivity contribution in [2.45, 2.75) is 88.8 Å². The van der Waals surface area contributed by atoms with Crippen LogP contribution in [0.2, 0.25) is 0 Å². The molecule has 52 heavy (non-hydrogen) atoms. The third-order valence-corrected chi connectivity index (χ3v) is 11.9. The normalized spacial score (nSPS) is 28.2. The van der Waals surface area contributed by atoms with Crippen molar-refractivity contribution in [1.29, 1.82) is 0 Å². The third kappa shape index (κ3) is 7.77. The van der Waals surface area contributed by atoms with Gasteiger partial charge in [-0.25, -0.2) is 9.98 Å². The molecule has 5 heterocycles. The molecule has 14 heteroatoms. The summed E-state index contributed by atoms with van der Waals surface area (Å²) in [5.41, 5.74) is 2.06. The van der Waals surface area contributed by atoms with E-state index in [1.54, 1.807) is 17.2 Å². The molecule has 7 rings (SSSR count). The fourth-order valence-corrected chi connectivity index (χ4v) is 9.17. The number of hydrogen-bond donors (Lipinski definition) is 3. The summed E-state index contributed by atoms with van der Waals surface area (Å²) >= 11 is 2.75. The van der Waals surface area contributed by atoms with Gasteiger partial charge in [0.1, 0.15) is 34.9 Å². The van der Waals surface area contributed by atoms with Crippen LogP contribution in [0.4, 0.5) is 0 Å². The molecule has 1 aromatic heterocycles. The highest BCUT2D eigenvalue weighted by atomic mass is 32.2. The standard InChI is InChI=1S/C38H43N7O5S2/c1-21(2)30-37-42-28(20-52-37)32(46)39-25(17-23-11-6-4-7-12-23)36-41-27(19-51-36)33(47)40-26(18-24-13-8-5-9-14-24)38(49)45-16-10-15-29(45)35-44-31(22(3)50-35)34(48)43-30/h4-9,11-14,19,21-22,25-26,28-31H,10,15-18,20H2,1-3H3,(H,39,46)(H,40,47)(H,43,48)/t22-,25-,26+,28+,29+,30+,31+/m1/s1. The van der Waals surface area contributed by atoms with Gasteiger partial charge in [-0.1, -0.05) is 74.5 Å². The van der Waals surface area contributed by atoms with E-state index in [0.29, 0.717) is 41.1 Å². The Bertz CT molecular complexity index is 1870. The van der Waals surface area contributed by atoms with Gasteiger partial charge in [0.05, 0.1) is 17.1 Å². The van der Waals surface area contributed by atoms with Crippen LogP contribution in [0.1, 0.15) is 66.3 Å². The number of rotatable bonds is 5. The number of thiazole rings is 1. The molecule has 0 aliphatic carbocycles. The van der Waals surface area contributed by atoms with Crippen LogP contribution in [0, 0.1) is 5.92 Å². The van der Waals surface area contributed by atoms with Gasteiger partial charge >= 0.3 is 0 Å². The van der Waals surface area contributed by atoms with Crippen molar-refractivity contribution >= 4 is 57.7 Å². The molecule has 3 aromatic rings. The largest absolute Gasteiger partial charge is 0.474 e. The van der Waals surface area contributed by atoms with Gasteiger partial charge in [0.15, 0.2) is 6.04 Å². The number of fused-ring (bicyclic) bond motifs is 6. The number of nitrogens with zero attached hydrogens (tertiary/aromatic N) is 4. The summed E-state index contributed by atoms with van der Waals surface area (Å²) in [6.45, 7) is 6.28. The maximum Gasteiger partial charge on any atom is 0.271 e. The number of carbonyl (C=O) groups is 4. The van der Waals surface area contributed by atoms with E-state index < -0.39 is 48.3 Å². The van der Waals surface area contributed by atoms with E-state index in [1.165, 1.54) is 23.1 Å². The van der Waals surface area contributed by atoms with Crippen molar-refractivity contribution in [3.63, 3.8) is 0 Å². The van der Waals surface area contributed by atoms with E-state index in [4.69, 9.17) is 19.7 Å². The maximum absolute atomic E-state index is 14.4. The summed E-state index contributed by atoms with van der Waals surface area (Å²) < 4.78 is 6.20. The molecule has 272 valence electrons. The number of nitrogens with one attached hydrogen (secondary N) is 3. The molecule has 3 N–H and O–H groups in total. The lowest BCUT2D eigenvalue weighted by Crippen LogP contribution is -2.52. The first-order valence-electron chi connectivity index (χ1n) is 17.8. The highest BCUT2D eigenvalue weighted by Crippen LogP contribution is 2.29. The Labute approximate surface area is 311 Å². The number of amides is 4. The van der Waals surface area contributed by atoms with Crippen molar-refractivity contribution in [2.24, 2.45) is 15.9 Å². The number of aromatic nitrogens is 1. The molecule has 6 bridgehead atoms. The van der Waals surface area contributed by atoms with Crippen LogP contribution in [0.5, 0.6) is 0 Å². The van der Waals surface area contributed by atoms with Crippen LogP contribution in [-0.4, -0.2) is 93.1 Å². The van der Waals surface area contributed by atoms with Crippen LogP contribution in [-0.2, 0) is 32.0 Å². The van der Waals surface area contributed by atoms with Crippen molar-refractivity contribution < 1.29 is 23.9 Å². The molecule has 7 atom stereocenters. The second-order valence-corrected chi connectivity index (χ2v) is 15.9. The fraction of sp³-hybridized carbons (Fsp3) is 0.447. The maximum atomic E-state index is 14.4. The van der Waals surface area contributed by atoms with Gasteiger partial charge in [-0.3, -0.25) is 24.2 Å². The lowest BCUT2D eigenvalue weighted by Gasteiger charge is -2.29. The third-order valence-electron chi connectivity index (χ3n) is 9.85. The zero-order chi connectivity index (χ0) is 36.4. The lowest BCUT2D eigenvalue weighted by molar-refractivity contribution is -0.133. The Kier molecular flexibility index (Phi) is 10.7. The summed E-state index contributed by atoms with van der Waals surface area (Å²) in [4.78, 5) is 71.9. The molecular weight excluding hydrogens is 699 g/mol. The monoisotopic (exact) mass is 741 g/mol. The van der Waals surface area contributed by atoms with Crippen LogP contribution < -0.4 is 16.0 Å². The quantitative estimate of drug-likeness (QED) is 0.360. The first-order valence-corrected chi connectivity index (χ1v) is 19.7. The second-order valence-electron chi connectivity index (χ2n) is 14.0. The van der Waals surface area contributed by atoms with E-state index in [1.807, 2.05) is 74.5 Å². The van der Waals surface area contributed by atoms with Crippen LogP contribution in [0.25, 0.3) is 0 Å². The molecule has 12 nitrogen and oxygen atoms in total. The molecule has 4 amide bonds. The summed E-state index contributed by atoms with van der Waals surface area (Å²) in [5, 5.41) is 12.2. The Morgan fingerprint density at radius 2 is 1.58 bits per heavy atom. The van der Waals surface area contributed by atoms with Crippen LogP contribution in [0.3, 0.4) is 0 Å². The molecule has 0 radical (unpaired) electrons. The highest BCUT2D eigenvalue weighted by Gasteiger charge is 2.44. The summed E-state index contributed by atoms with van der Waals surface area (Å²) in [7, 11) is 0. The predicted molar refractivity (Wildman–Crippen MR) is 201 cm³/mol. The topological polar surface area (TPSA) is 154 Å². The summed E-state index contributed by atoms with van der Waals surface area (Å²) in [5.74, 6) is -0.510. The number of thioether (sulfide) groups is 1. The minimum absolute atomic E-state index is 0.00574. The first kappa shape index (κ1) is 35.8. The Balaban J connectivity index is 1.26. The number of benzene rings is 2. The molecule has 0 unspecified atom stereocenters. The molecule has 4 aliphatic rings. The number of hydrogen-bond acceptors (Lipinski definition) is 10. The number of carbonyl (C=O) groups excluding carboxylic acids is 4. The van der Waals surface area contributed by atoms with Gasteiger partial charge in [0.25, 0.3) is 5.91 Å². The van der Waals surface area contributed by atoms with Gasteiger partial charge in [0, 0.05) is 24.1 Å². The second kappa shape index (κ2) is 15.6. The Morgan fingerprint density at radius 3 is 2.27 bits per heavy atom. The molecule has 4 aliphatic heterocycles. The van der Waals surface area contributed by atoms with Gasteiger partial charge in [-0.15, -0.1) is 23.1 Å². The average Bonchev–Trinajstić information content (AvgIpc) is 3.97. The zero-order valence-electron chi connectivity index (χ0n) is 29.4. The van der Waals surface area contributed by atoms with E-state index in [9.17, 15) is 19.2 Å². The molecule has 0 saturated carbocycles. The van der Waals surface area contributed by atoms with Crippen LogP contribution >= 0.6 is 23.1 Å². The molecule has 0 spiro atoms. The van der Waals surface area contributed by atoms with Crippen molar-refractivity contribution in [2.75, 3.05) is 12.3 Å². The molecule has 1 fully saturated rings. The molecule has 1 saturated heterocycles. The van der Waals surface area contributed by atoms with E-state index in [-0.39, 0.29) is 35.8 Å². The predicted octanol–water partition coefficient (Wildman–Crippen LogP) is 3.73. The average molecular weight is 742 g/mol. The minimum Gasteiger partial charge on any atom is -0.474 e. The van der Waals surface area contributed by atoms with Gasteiger partial charge < -0.3 is 25.6 Å². The lowest BCUT2D eigenvalue weighted by atomic mass is 10.0. The molecular formula is C38H43N7O5S2. The van der Waals surface area contributed by atoms with Gasteiger partial charge in [0.2, 0.25) is 23.6 Å². The van der Waals surface area contributed by atoms with E-state index in [0.717, 1.165) is 17.5 Å². The summed E-state index contributed by atoms with van der Waals surface area (Å²) in [6.07, 6.45) is 1.53. The highest BCUT2D eigenvalue weighted by molar-refractivity contribution is 8.14. The van der Waals surface area contributed by atoms with E-state index in [2.05, 4.69) is 16.0 Å². The smallest absolute Gasteiger partial charge is 0.271 e. The summed E-state index contributed by atoms with van der Waals surface area (Å²) in [6, 6.07) is 15.6. The molecule has 2 aromatic carbocycles. The minimum atomic E-state index is -0.897. The Morgan fingerprint density at radius 1 is 0.885 bits per heavy atom. The SMILES string of the molecule is CC(C)[C@@H]1NC(=O)[C@H]2N=C(O[C@@H]2C)[C@@H]2CCCN2C(=O)[C@H](Cc2ccccc2)NC(=O)c2csc(n2)[C@@H](Cc2ccccc2)NC(=O)[C@@H]2CSC1=N2. The zero-order valence-corrected chi connectivity index (χ0v) is 31.0.